The maximum atomic E-state index is 12.5. The monoisotopic (exact) mass is 344 g/mol. The van der Waals surface area contributed by atoms with Crippen molar-refractivity contribution in [3.05, 3.63) is 40.3 Å². The van der Waals surface area contributed by atoms with Crippen LogP contribution in [-0.2, 0) is 14.3 Å². The number of carbonyl (C=O) groups is 2. The van der Waals surface area contributed by atoms with Crippen LogP contribution in [0.15, 0.2) is 29.4 Å². The molecular weight excluding hydrogens is 324 g/mol. The molecule has 132 valence electrons. The Morgan fingerprint density at radius 1 is 1.28 bits per heavy atom. The van der Waals surface area contributed by atoms with Gasteiger partial charge in [0.05, 0.1) is 12.7 Å². The van der Waals surface area contributed by atoms with Crippen molar-refractivity contribution in [2.45, 2.75) is 37.5 Å². The molecule has 0 N–H and O–H groups in total. The first kappa shape index (κ1) is 17.3. The number of methoxy groups -OCH3 is 1. The van der Waals surface area contributed by atoms with Crippen molar-refractivity contribution in [3.63, 3.8) is 0 Å². The zero-order chi connectivity index (χ0) is 18.0. The van der Waals surface area contributed by atoms with E-state index in [1.807, 2.05) is 7.05 Å². The largest absolute Gasteiger partial charge is 0.469 e. The second kappa shape index (κ2) is 7.13. The molecule has 0 radical (unpaired) electrons. The molecule has 4 atom stereocenters. The quantitative estimate of drug-likeness (QED) is 0.361. The molecule has 0 aliphatic carbocycles. The van der Waals surface area contributed by atoms with Crippen LogP contribution in [0.25, 0.3) is 10.4 Å². The minimum Gasteiger partial charge on any atom is -0.469 e. The van der Waals surface area contributed by atoms with Gasteiger partial charge in [0.25, 0.3) is 0 Å². The molecule has 3 rings (SSSR count). The smallest absolute Gasteiger partial charge is 0.338 e. The van der Waals surface area contributed by atoms with Gasteiger partial charge in [-0.25, -0.2) is 4.79 Å². The molecule has 2 aliphatic rings. The van der Waals surface area contributed by atoms with Crippen molar-refractivity contribution in [3.8, 4) is 0 Å². The van der Waals surface area contributed by atoms with E-state index in [1.165, 1.54) is 7.11 Å². The van der Waals surface area contributed by atoms with Gasteiger partial charge in [-0.2, -0.15) is 0 Å². The lowest BCUT2D eigenvalue weighted by molar-refractivity contribution is -0.156. The fraction of sp³-hybridized carbons (Fsp3) is 0.529. The van der Waals surface area contributed by atoms with Gasteiger partial charge in [0, 0.05) is 29.1 Å². The molecule has 2 aliphatic heterocycles. The van der Waals surface area contributed by atoms with Crippen LogP contribution in [0.1, 0.15) is 29.6 Å². The number of piperidine rings is 1. The fourth-order valence-electron chi connectivity index (χ4n) is 3.91. The standard InChI is InChI=1S/C17H20N4O4/c1-21-12-7-8-13(21)15(17(23)24-2)14(9-12)25-16(22)10-3-5-11(6-4-10)19-20-18/h3-6,12-15H,7-9H2,1-2H3/t12-,13?,14+,15?/m1/s1. The van der Waals surface area contributed by atoms with Gasteiger partial charge >= 0.3 is 11.9 Å². The van der Waals surface area contributed by atoms with Gasteiger partial charge in [-0.15, -0.1) is 0 Å². The number of nitrogens with zero attached hydrogens (tertiary/aromatic N) is 4. The Labute approximate surface area is 145 Å². The Balaban J connectivity index is 1.76. The molecule has 1 aromatic rings. The summed E-state index contributed by atoms with van der Waals surface area (Å²) in [4.78, 5) is 29.6. The van der Waals surface area contributed by atoms with Crippen molar-refractivity contribution in [1.82, 2.24) is 4.90 Å². The second-order valence-electron chi connectivity index (χ2n) is 6.43. The normalized spacial score (nSPS) is 28.1. The van der Waals surface area contributed by atoms with Crippen LogP contribution >= 0.6 is 0 Å². The number of ether oxygens (including phenoxy) is 2. The molecule has 8 heteroatoms. The van der Waals surface area contributed by atoms with Crippen LogP contribution in [-0.4, -0.2) is 49.2 Å². The minimum atomic E-state index is -0.495. The average molecular weight is 344 g/mol. The van der Waals surface area contributed by atoms with E-state index in [1.54, 1.807) is 24.3 Å². The molecule has 8 nitrogen and oxygen atoms in total. The molecular formula is C17H20N4O4. The van der Waals surface area contributed by atoms with Gasteiger partial charge in [0.1, 0.15) is 12.0 Å². The summed E-state index contributed by atoms with van der Waals surface area (Å²) in [5.41, 5.74) is 9.19. The molecule has 0 saturated carbocycles. The summed E-state index contributed by atoms with van der Waals surface area (Å²) < 4.78 is 10.6. The third-order valence-corrected chi connectivity index (χ3v) is 5.21. The summed E-state index contributed by atoms with van der Waals surface area (Å²) in [5, 5.41) is 3.47. The molecule has 2 bridgehead atoms. The highest BCUT2D eigenvalue weighted by Crippen LogP contribution is 2.40. The zero-order valence-electron chi connectivity index (χ0n) is 14.2. The molecule has 0 spiro atoms. The van der Waals surface area contributed by atoms with E-state index in [2.05, 4.69) is 14.9 Å². The summed E-state index contributed by atoms with van der Waals surface area (Å²) in [6.07, 6.45) is 2.01. The number of azide groups is 1. The minimum absolute atomic E-state index is 0.0383. The van der Waals surface area contributed by atoms with Gasteiger partial charge in [-0.1, -0.05) is 17.2 Å². The van der Waals surface area contributed by atoms with Crippen LogP contribution in [0.5, 0.6) is 0 Å². The third kappa shape index (κ3) is 3.31. The Morgan fingerprint density at radius 3 is 2.64 bits per heavy atom. The molecule has 2 saturated heterocycles. The van der Waals surface area contributed by atoms with Crippen LogP contribution in [0, 0.1) is 5.92 Å². The highest BCUT2D eigenvalue weighted by atomic mass is 16.6. The van der Waals surface area contributed by atoms with Crippen LogP contribution in [0.2, 0.25) is 0 Å². The van der Waals surface area contributed by atoms with E-state index in [9.17, 15) is 9.59 Å². The first-order valence-corrected chi connectivity index (χ1v) is 8.21. The lowest BCUT2D eigenvalue weighted by Crippen LogP contribution is -2.53. The predicted molar refractivity (Wildman–Crippen MR) is 89.1 cm³/mol. The lowest BCUT2D eigenvalue weighted by atomic mass is 9.87. The number of fused-ring (bicyclic) bond motifs is 2. The molecule has 25 heavy (non-hydrogen) atoms. The molecule has 2 fully saturated rings. The maximum Gasteiger partial charge on any atom is 0.338 e. The van der Waals surface area contributed by atoms with Gasteiger partial charge in [-0.3, -0.25) is 9.69 Å². The van der Waals surface area contributed by atoms with Crippen LogP contribution in [0.3, 0.4) is 0 Å². The van der Waals surface area contributed by atoms with E-state index in [-0.39, 0.29) is 12.0 Å². The lowest BCUT2D eigenvalue weighted by Gasteiger charge is -2.40. The van der Waals surface area contributed by atoms with Crippen molar-refractivity contribution in [2.75, 3.05) is 14.2 Å². The first-order chi connectivity index (χ1) is 12.0. The molecule has 2 unspecified atom stereocenters. The molecule has 2 heterocycles. The predicted octanol–water partition coefficient (Wildman–Crippen LogP) is 2.81. The third-order valence-electron chi connectivity index (χ3n) is 5.21. The summed E-state index contributed by atoms with van der Waals surface area (Å²) >= 11 is 0. The number of rotatable bonds is 4. The maximum absolute atomic E-state index is 12.5. The van der Waals surface area contributed by atoms with Gasteiger partial charge in [0.15, 0.2) is 0 Å². The molecule has 1 aromatic carbocycles. The Bertz CT molecular complexity index is 714. The Kier molecular flexibility index (Phi) is 4.92. The van der Waals surface area contributed by atoms with E-state index in [0.29, 0.717) is 23.7 Å². The number of hydrogen-bond acceptors (Lipinski definition) is 6. The Hall–Kier alpha value is -2.57. The summed E-state index contributed by atoms with van der Waals surface area (Å²) in [5.74, 6) is -1.30. The number of hydrogen-bond donors (Lipinski definition) is 0. The summed E-state index contributed by atoms with van der Waals surface area (Å²) in [6, 6.07) is 6.54. The van der Waals surface area contributed by atoms with Crippen LogP contribution in [0.4, 0.5) is 5.69 Å². The zero-order valence-corrected chi connectivity index (χ0v) is 14.2. The topological polar surface area (TPSA) is 105 Å². The second-order valence-corrected chi connectivity index (χ2v) is 6.43. The van der Waals surface area contributed by atoms with Crippen molar-refractivity contribution >= 4 is 17.6 Å². The first-order valence-electron chi connectivity index (χ1n) is 8.21. The SMILES string of the molecule is COC(=O)C1C2CC[C@H](C[C@@H]1OC(=O)c1ccc(N=[N+]=[N-])cc1)N2C. The number of esters is 2. The molecule has 0 amide bonds. The van der Waals surface area contributed by atoms with Gasteiger partial charge < -0.3 is 9.47 Å². The summed E-state index contributed by atoms with van der Waals surface area (Å²) in [6.45, 7) is 0. The van der Waals surface area contributed by atoms with E-state index in [0.717, 1.165) is 12.8 Å². The van der Waals surface area contributed by atoms with Crippen molar-refractivity contribution < 1.29 is 19.1 Å². The van der Waals surface area contributed by atoms with E-state index < -0.39 is 18.0 Å². The van der Waals surface area contributed by atoms with Crippen molar-refractivity contribution in [2.24, 2.45) is 11.0 Å². The highest BCUT2D eigenvalue weighted by molar-refractivity contribution is 5.90. The average Bonchev–Trinajstić information content (AvgIpc) is 2.85. The fourth-order valence-corrected chi connectivity index (χ4v) is 3.91. The van der Waals surface area contributed by atoms with Crippen molar-refractivity contribution in [1.29, 1.82) is 0 Å². The molecule has 0 aromatic heterocycles. The van der Waals surface area contributed by atoms with E-state index >= 15 is 0 Å². The van der Waals surface area contributed by atoms with Gasteiger partial charge in [-0.05, 0) is 37.6 Å². The van der Waals surface area contributed by atoms with Crippen LogP contribution < -0.4 is 0 Å². The van der Waals surface area contributed by atoms with Gasteiger partial charge in [0.2, 0.25) is 0 Å². The number of carbonyl (C=O) groups excluding carboxylic acids is 2. The highest BCUT2D eigenvalue weighted by Gasteiger charge is 2.50. The number of benzene rings is 1. The Morgan fingerprint density at radius 2 is 2.00 bits per heavy atom. The summed E-state index contributed by atoms with van der Waals surface area (Å²) in [7, 11) is 3.36. The van der Waals surface area contributed by atoms with E-state index in [4.69, 9.17) is 15.0 Å².